The minimum atomic E-state index is -0.756. The molecule has 3 aromatic rings. The van der Waals surface area contributed by atoms with Gasteiger partial charge in [-0.25, -0.2) is 4.79 Å². The molecular formula is C19H14N2O5. The number of carbonyl (C=O) groups is 2. The van der Waals surface area contributed by atoms with E-state index in [9.17, 15) is 19.7 Å². The van der Waals surface area contributed by atoms with Crippen molar-refractivity contribution in [2.45, 2.75) is 0 Å². The van der Waals surface area contributed by atoms with Gasteiger partial charge in [0.1, 0.15) is 0 Å². The maximum absolute atomic E-state index is 12.5. The third-order valence-corrected chi connectivity index (χ3v) is 3.82. The Hall–Kier alpha value is -3.74. The highest BCUT2D eigenvalue weighted by atomic mass is 16.6. The van der Waals surface area contributed by atoms with Gasteiger partial charge >= 0.3 is 5.97 Å². The first-order valence-corrected chi connectivity index (χ1v) is 7.66. The van der Waals surface area contributed by atoms with Gasteiger partial charge in [0.15, 0.2) is 0 Å². The number of amides is 1. The molecule has 0 aliphatic carbocycles. The maximum Gasteiger partial charge on any atom is 0.338 e. The molecule has 130 valence electrons. The molecule has 3 rings (SSSR count). The summed E-state index contributed by atoms with van der Waals surface area (Å²) in [7, 11) is 1.16. The van der Waals surface area contributed by atoms with E-state index in [2.05, 4.69) is 10.1 Å². The standard InChI is InChI=1S/C19H14N2O5/c1-26-19(23)15-8-14(10-17(11-15)21(24)25)18(22)20-16-7-6-12-4-2-3-5-13(12)9-16/h2-11H,1H3,(H,20,22). The lowest BCUT2D eigenvalue weighted by atomic mass is 10.1. The molecule has 0 saturated carbocycles. The normalized spacial score (nSPS) is 10.3. The molecule has 1 amide bonds. The van der Waals surface area contributed by atoms with Crippen molar-refractivity contribution in [3.63, 3.8) is 0 Å². The first kappa shape index (κ1) is 17.1. The summed E-state index contributed by atoms with van der Waals surface area (Å²) < 4.78 is 4.58. The molecular weight excluding hydrogens is 336 g/mol. The summed E-state index contributed by atoms with van der Waals surface area (Å²) in [5.74, 6) is -1.32. The Bertz CT molecular complexity index is 1030. The predicted octanol–water partition coefficient (Wildman–Crippen LogP) is 3.79. The number of benzene rings is 3. The van der Waals surface area contributed by atoms with Crippen LogP contribution in [0.2, 0.25) is 0 Å². The van der Waals surface area contributed by atoms with Crippen LogP contribution in [0.4, 0.5) is 11.4 Å². The number of nitro benzene ring substituents is 1. The molecule has 26 heavy (non-hydrogen) atoms. The van der Waals surface area contributed by atoms with E-state index in [0.29, 0.717) is 5.69 Å². The summed E-state index contributed by atoms with van der Waals surface area (Å²) in [6.07, 6.45) is 0. The third-order valence-electron chi connectivity index (χ3n) is 3.82. The molecule has 0 spiro atoms. The number of methoxy groups -OCH3 is 1. The van der Waals surface area contributed by atoms with Crippen molar-refractivity contribution in [1.82, 2.24) is 0 Å². The van der Waals surface area contributed by atoms with Gasteiger partial charge in [-0.05, 0) is 29.0 Å². The second-order valence-corrected chi connectivity index (χ2v) is 5.53. The molecule has 0 unspecified atom stereocenters. The number of nitrogens with one attached hydrogen (secondary N) is 1. The van der Waals surface area contributed by atoms with Crippen molar-refractivity contribution < 1.29 is 19.2 Å². The van der Waals surface area contributed by atoms with Crippen LogP contribution < -0.4 is 5.32 Å². The van der Waals surface area contributed by atoms with E-state index in [1.807, 2.05) is 30.3 Å². The highest BCUT2D eigenvalue weighted by Gasteiger charge is 2.18. The van der Waals surface area contributed by atoms with E-state index in [-0.39, 0.29) is 16.8 Å². The minimum Gasteiger partial charge on any atom is -0.465 e. The van der Waals surface area contributed by atoms with Gasteiger partial charge in [-0.2, -0.15) is 0 Å². The zero-order valence-corrected chi connectivity index (χ0v) is 13.8. The average molecular weight is 350 g/mol. The molecule has 0 atom stereocenters. The number of ether oxygens (including phenoxy) is 1. The fraction of sp³-hybridized carbons (Fsp3) is 0.0526. The topological polar surface area (TPSA) is 98.5 Å². The van der Waals surface area contributed by atoms with Crippen LogP contribution >= 0.6 is 0 Å². The van der Waals surface area contributed by atoms with Crippen LogP contribution in [0.5, 0.6) is 0 Å². The first-order chi connectivity index (χ1) is 12.5. The summed E-state index contributed by atoms with van der Waals surface area (Å²) >= 11 is 0. The van der Waals surface area contributed by atoms with E-state index in [1.54, 1.807) is 12.1 Å². The highest BCUT2D eigenvalue weighted by Crippen LogP contribution is 2.22. The molecule has 0 heterocycles. The number of esters is 1. The van der Waals surface area contributed by atoms with Gasteiger partial charge < -0.3 is 10.1 Å². The Morgan fingerprint density at radius 1 is 0.962 bits per heavy atom. The Balaban J connectivity index is 1.93. The van der Waals surface area contributed by atoms with Crippen molar-refractivity contribution >= 4 is 34.0 Å². The number of hydrogen-bond donors (Lipinski definition) is 1. The van der Waals surface area contributed by atoms with Crippen LogP contribution in [0.1, 0.15) is 20.7 Å². The average Bonchev–Trinajstić information content (AvgIpc) is 2.66. The Labute approximate surface area is 148 Å². The van der Waals surface area contributed by atoms with Gasteiger partial charge in [-0.15, -0.1) is 0 Å². The lowest BCUT2D eigenvalue weighted by Gasteiger charge is -2.08. The molecule has 1 N–H and O–H groups in total. The first-order valence-electron chi connectivity index (χ1n) is 7.66. The predicted molar refractivity (Wildman–Crippen MR) is 96.3 cm³/mol. The molecule has 0 saturated heterocycles. The fourth-order valence-electron chi connectivity index (χ4n) is 2.55. The van der Waals surface area contributed by atoms with Crippen LogP contribution in [0.15, 0.2) is 60.7 Å². The van der Waals surface area contributed by atoms with Gasteiger partial charge in [-0.1, -0.05) is 30.3 Å². The zero-order chi connectivity index (χ0) is 18.7. The molecule has 3 aromatic carbocycles. The van der Waals surface area contributed by atoms with Gasteiger partial charge in [-0.3, -0.25) is 14.9 Å². The number of nitrogens with zero attached hydrogens (tertiary/aromatic N) is 1. The number of nitro groups is 1. The van der Waals surface area contributed by atoms with Crippen LogP contribution in [-0.2, 0) is 4.74 Å². The summed E-state index contributed by atoms with van der Waals surface area (Å²) in [5.41, 5.74) is 0.106. The largest absolute Gasteiger partial charge is 0.465 e. The van der Waals surface area contributed by atoms with Crippen molar-refractivity contribution in [3.8, 4) is 0 Å². The van der Waals surface area contributed by atoms with E-state index >= 15 is 0 Å². The molecule has 0 radical (unpaired) electrons. The monoisotopic (exact) mass is 350 g/mol. The van der Waals surface area contributed by atoms with E-state index in [1.165, 1.54) is 6.07 Å². The van der Waals surface area contributed by atoms with Crippen molar-refractivity contribution in [2.24, 2.45) is 0 Å². The highest BCUT2D eigenvalue weighted by molar-refractivity contribution is 6.07. The molecule has 7 heteroatoms. The van der Waals surface area contributed by atoms with Gasteiger partial charge in [0.25, 0.3) is 11.6 Å². The number of rotatable bonds is 4. The summed E-state index contributed by atoms with van der Waals surface area (Å²) in [4.78, 5) is 34.6. The van der Waals surface area contributed by atoms with Crippen molar-refractivity contribution in [2.75, 3.05) is 12.4 Å². The number of anilines is 1. The number of fused-ring (bicyclic) bond motifs is 1. The van der Waals surface area contributed by atoms with Crippen LogP contribution in [0.3, 0.4) is 0 Å². The van der Waals surface area contributed by atoms with Gasteiger partial charge in [0.05, 0.1) is 17.6 Å². The zero-order valence-electron chi connectivity index (χ0n) is 13.8. The number of hydrogen-bond acceptors (Lipinski definition) is 5. The summed E-state index contributed by atoms with van der Waals surface area (Å²) in [6, 6.07) is 16.5. The number of non-ortho nitro benzene ring substituents is 1. The van der Waals surface area contributed by atoms with Gasteiger partial charge in [0.2, 0.25) is 0 Å². The van der Waals surface area contributed by atoms with Crippen LogP contribution in [-0.4, -0.2) is 23.9 Å². The number of carbonyl (C=O) groups excluding carboxylic acids is 2. The molecule has 0 aliphatic heterocycles. The Kier molecular flexibility index (Phi) is 4.62. The minimum absolute atomic E-state index is 0.00670. The summed E-state index contributed by atoms with van der Waals surface area (Å²) in [5, 5.41) is 15.7. The van der Waals surface area contributed by atoms with Crippen LogP contribution in [0, 0.1) is 10.1 Å². The third kappa shape index (κ3) is 3.51. The second-order valence-electron chi connectivity index (χ2n) is 5.53. The van der Waals surface area contributed by atoms with Crippen molar-refractivity contribution in [1.29, 1.82) is 0 Å². The molecule has 0 aromatic heterocycles. The lowest BCUT2D eigenvalue weighted by Crippen LogP contribution is -2.14. The second kappa shape index (κ2) is 7.02. The molecule has 0 aliphatic rings. The van der Waals surface area contributed by atoms with Gasteiger partial charge in [0, 0.05) is 23.4 Å². The Morgan fingerprint density at radius 3 is 2.35 bits per heavy atom. The van der Waals surface area contributed by atoms with E-state index < -0.39 is 16.8 Å². The quantitative estimate of drug-likeness (QED) is 0.438. The SMILES string of the molecule is COC(=O)c1cc(C(=O)Nc2ccc3ccccc3c2)cc([N+](=O)[O-])c1. The molecule has 7 nitrogen and oxygen atoms in total. The lowest BCUT2D eigenvalue weighted by molar-refractivity contribution is -0.384. The Morgan fingerprint density at radius 2 is 1.65 bits per heavy atom. The smallest absolute Gasteiger partial charge is 0.338 e. The van der Waals surface area contributed by atoms with Crippen LogP contribution in [0.25, 0.3) is 10.8 Å². The maximum atomic E-state index is 12.5. The fourth-order valence-corrected chi connectivity index (χ4v) is 2.55. The summed E-state index contributed by atoms with van der Waals surface area (Å²) in [6.45, 7) is 0. The molecule has 0 bridgehead atoms. The van der Waals surface area contributed by atoms with Crippen molar-refractivity contribution in [3.05, 3.63) is 81.9 Å². The van der Waals surface area contributed by atoms with E-state index in [0.717, 1.165) is 30.0 Å². The van der Waals surface area contributed by atoms with E-state index in [4.69, 9.17) is 0 Å². The molecule has 0 fully saturated rings.